The summed E-state index contributed by atoms with van der Waals surface area (Å²) in [6.45, 7) is 0.231. The molecule has 10 heteroatoms. The SMILES string of the molecule is O=C(C[C@H]1C(=O)NCCN1S(=O)(=O)c1ccccc1)Nc1ccc2oc(=O)ccc2c1. The fourth-order valence-electron chi connectivity index (χ4n) is 3.44. The van der Waals surface area contributed by atoms with Gasteiger partial charge in [0.1, 0.15) is 11.6 Å². The molecule has 1 aliphatic heterocycles. The quantitative estimate of drug-likeness (QED) is 0.575. The van der Waals surface area contributed by atoms with E-state index in [1.54, 1.807) is 42.5 Å². The number of piperazine rings is 1. The lowest BCUT2D eigenvalue weighted by molar-refractivity contribution is -0.130. The molecule has 0 aliphatic carbocycles. The zero-order valence-electron chi connectivity index (χ0n) is 16.3. The molecule has 2 aromatic carbocycles. The Morgan fingerprint density at radius 3 is 2.65 bits per heavy atom. The van der Waals surface area contributed by atoms with Gasteiger partial charge in [-0.25, -0.2) is 13.2 Å². The summed E-state index contributed by atoms with van der Waals surface area (Å²) >= 11 is 0. The fraction of sp³-hybridized carbons (Fsp3) is 0.190. The molecule has 1 saturated heterocycles. The number of anilines is 1. The lowest BCUT2D eigenvalue weighted by atomic mass is 10.1. The number of nitrogens with zero attached hydrogens (tertiary/aromatic N) is 1. The van der Waals surface area contributed by atoms with Gasteiger partial charge in [-0.1, -0.05) is 18.2 Å². The van der Waals surface area contributed by atoms with Crippen LogP contribution in [0.1, 0.15) is 6.42 Å². The Labute approximate surface area is 177 Å². The van der Waals surface area contributed by atoms with E-state index in [0.717, 1.165) is 4.31 Å². The van der Waals surface area contributed by atoms with Crippen molar-refractivity contribution in [2.45, 2.75) is 17.4 Å². The molecule has 3 aromatic rings. The van der Waals surface area contributed by atoms with Crippen molar-refractivity contribution in [3.63, 3.8) is 0 Å². The average Bonchev–Trinajstić information content (AvgIpc) is 2.76. The summed E-state index contributed by atoms with van der Waals surface area (Å²) in [5.41, 5.74) is 0.324. The first-order valence-corrected chi connectivity index (χ1v) is 11.0. The predicted molar refractivity (Wildman–Crippen MR) is 113 cm³/mol. The van der Waals surface area contributed by atoms with Gasteiger partial charge in [0, 0.05) is 30.2 Å². The van der Waals surface area contributed by atoms with E-state index in [0.29, 0.717) is 16.7 Å². The largest absolute Gasteiger partial charge is 0.423 e. The van der Waals surface area contributed by atoms with Crippen LogP contribution in [0.15, 0.2) is 74.8 Å². The van der Waals surface area contributed by atoms with E-state index in [1.165, 1.54) is 18.2 Å². The van der Waals surface area contributed by atoms with Crippen molar-refractivity contribution in [3.8, 4) is 0 Å². The van der Waals surface area contributed by atoms with Crippen molar-refractivity contribution >= 4 is 38.5 Å². The molecule has 2 N–H and O–H groups in total. The minimum Gasteiger partial charge on any atom is -0.423 e. The topological polar surface area (TPSA) is 126 Å². The first-order chi connectivity index (χ1) is 14.8. The van der Waals surface area contributed by atoms with Crippen molar-refractivity contribution < 1.29 is 22.4 Å². The van der Waals surface area contributed by atoms with Crippen LogP contribution in [0.3, 0.4) is 0 Å². The summed E-state index contributed by atoms with van der Waals surface area (Å²) in [5.74, 6) is -1.05. The van der Waals surface area contributed by atoms with Crippen LogP contribution in [0.5, 0.6) is 0 Å². The number of rotatable bonds is 5. The van der Waals surface area contributed by atoms with Gasteiger partial charge in [-0.2, -0.15) is 4.31 Å². The van der Waals surface area contributed by atoms with Crippen LogP contribution in [-0.4, -0.2) is 43.7 Å². The second kappa shape index (κ2) is 8.32. The molecule has 0 spiro atoms. The minimum absolute atomic E-state index is 0.0612. The van der Waals surface area contributed by atoms with Crippen molar-refractivity contribution in [1.29, 1.82) is 0 Å². The number of sulfonamides is 1. The van der Waals surface area contributed by atoms with E-state index in [4.69, 9.17) is 4.42 Å². The molecular weight excluding hydrogens is 422 g/mol. The lowest BCUT2D eigenvalue weighted by Gasteiger charge is -2.33. The van der Waals surface area contributed by atoms with E-state index in [-0.39, 0.29) is 24.4 Å². The number of nitrogens with one attached hydrogen (secondary N) is 2. The molecule has 160 valence electrons. The first-order valence-electron chi connectivity index (χ1n) is 9.53. The number of hydrogen-bond acceptors (Lipinski definition) is 6. The molecule has 4 rings (SSSR count). The van der Waals surface area contributed by atoms with Gasteiger partial charge in [0.25, 0.3) is 0 Å². The second-order valence-electron chi connectivity index (χ2n) is 6.99. The summed E-state index contributed by atoms with van der Waals surface area (Å²) in [6, 6.07) is 14.2. The standard InChI is InChI=1S/C21H19N3O6S/c25-19(23-15-7-8-18-14(12-15)6-9-20(26)30-18)13-17-21(27)22-10-11-24(17)31(28,29)16-4-2-1-3-5-16/h1-9,12,17H,10-11,13H2,(H,22,27)(H,23,25)/t17-/m0/s1. The third kappa shape index (κ3) is 4.35. The lowest BCUT2D eigenvalue weighted by Crippen LogP contribution is -2.57. The number of hydrogen-bond donors (Lipinski definition) is 2. The summed E-state index contributed by atoms with van der Waals surface area (Å²) in [6.07, 6.45) is -0.347. The maximum atomic E-state index is 13.0. The maximum absolute atomic E-state index is 13.0. The zero-order chi connectivity index (χ0) is 22.0. The second-order valence-corrected chi connectivity index (χ2v) is 8.89. The Bertz CT molecular complexity index is 1300. The number of carbonyl (C=O) groups excluding carboxylic acids is 2. The molecule has 1 aromatic heterocycles. The number of amides is 2. The highest BCUT2D eigenvalue weighted by atomic mass is 32.2. The third-order valence-electron chi connectivity index (χ3n) is 4.91. The average molecular weight is 441 g/mol. The molecule has 1 fully saturated rings. The third-order valence-corrected chi connectivity index (χ3v) is 6.84. The van der Waals surface area contributed by atoms with E-state index in [1.807, 2.05) is 0 Å². The molecule has 31 heavy (non-hydrogen) atoms. The molecule has 0 saturated carbocycles. The fourth-order valence-corrected chi connectivity index (χ4v) is 5.05. The van der Waals surface area contributed by atoms with Gasteiger partial charge in [0.05, 0.1) is 11.3 Å². The molecule has 2 amide bonds. The first kappa shape index (κ1) is 20.8. The summed E-state index contributed by atoms with van der Waals surface area (Å²) in [7, 11) is -3.94. The number of benzene rings is 2. The highest BCUT2D eigenvalue weighted by Gasteiger charge is 2.39. The van der Waals surface area contributed by atoms with Gasteiger partial charge in [-0.3, -0.25) is 9.59 Å². The van der Waals surface area contributed by atoms with Crippen molar-refractivity contribution in [1.82, 2.24) is 9.62 Å². The van der Waals surface area contributed by atoms with Crippen LogP contribution in [-0.2, 0) is 19.6 Å². The predicted octanol–water partition coefficient (Wildman–Crippen LogP) is 1.31. The van der Waals surface area contributed by atoms with E-state index >= 15 is 0 Å². The van der Waals surface area contributed by atoms with Gasteiger partial charge < -0.3 is 15.1 Å². The molecule has 0 radical (unpaired) electrons. The summed E-state index contributed by atoms with van der Waals surface area (Å²) in [4.78, 5) is 36.4. The zero-order valence-corrected chi connectivity index (χ0v) is 17.1. The smallest absolute Gasteiger partial charge is 0.336 e. The molecule has 0 bridgehead atoms. The van der Waals surface area contributed by atoms with Gasteiger partial charge in [0.15, 0.2) is 0 Å². The Morgan fingerprint density at radius 1 is 1.10 bits per heavy atom. The minimum atomic E-state index is -3.94. The van der Waals surface area contributed by atoms with E-state index in [9.17, 15) is 22.8 Å². The number of carbonyl (C=O) groups is 2. The molecule has 0 unspecified atom stereocenters. The van der Waals surface area contributed by atoms with Crippen LogP contribution >= 0.6 is 0 Å². The van der Waals surface area contributed by atoms with Crippen molar-refractivity contribution in [2.24, 2.45) is 0 Å². The molecular formula is C21H19N3O6S. The van der Waals surface area contributed by atoms with Crippen LogP contribution < -0.4 is 16.3 Å². The summed E-state index contributed by atoms with van der Waals surface area (Å²) in [5, 5.41) is 5.90. The van der Waals surface area contributed by atoms with Crippen LogP contribution in [0.2, 0.25) is 0 Å². The maximum Gasteiger partial charge on any atom is 0.336 e. The Morgan fingerprint density at radius 2 is 1.87 bits per heavy atom. The van der Waals surface area contributed by atoms with E-state index in [2.05, 4.69) is 10.6 Å². The highest BCUT2D eigenvalue weighted by Crippen LogP contribution is 2.22. The molecule has 2 heterocycles. The normalized spacial score (nSPS) is 17.3. The molecule has 9 nitrogen and oxygen atoms in total. The van der Waals surface area contributed by atoms with Crippen LogP contribution in [0, 0.1) is 0 Å². The summed E-state index contributed by atoms with van der Waals surface area (Å²) < 4.78 is 32.2. The van der Waals surface area contributed by atoms with Gasteiger partial charge in [-0.05, 0) is 36.4 Å². The number of fused-ring (bicyclic) bond motifs is 1. The van der Waals surface area contributed by atoms with Crippen molar-refractivity contribution in [2.75, 3.05) is 18.4 Å². The monoisotopic (exact) mass is 441 g/mol. The van der Waals surface area contributed by atoms with Gasteiger partial charge >= 0.3 is 5.63 Å². The van der Waals surface area contributed by atoms with Crippen LogP contribution in [0.25, 0.3) is 11.0 Å². The Hall–Kier alpha value is -3.50. The Kier molecular flexibility index (Phi) is 5.57. The van der Waals surface area contributed by atoms with Crippen molar-refractivity contribution in [3.05, 3.63) is 71.1 Å². The highest BCUT2D eigenvalue weighted by molar-refractivity contribution is 7.89. The van der Waals surface area contributed by atoms with E-state index < -0.39 is 33.5 Å². The van der Waals surface area contributed by atoms with Gasteiger partial charge in [0.2, 0.25) is 21.8 Å². The van der Waals surface area contributed by atoms with Crippen LogP contribution in [0.4, 0.5) is 5.69 Å². The van der Waals surface area contributed by atoms with Gasteiger partial charge in [-0.15, -0.1) is 0 Å². The Balaban J connectivity index is 1.54. The molecule has 1 atom stereocenters. The molecule has 1 aliphatic rings.